The molecule has 0 aliphatic carbocycles. The number of epoxide rings is 1. The van der Waals surface area contributed by atoms with Gasteiger partial charge in [0.25, 0.3) is 0 Å². The molecule has 2 rings (SSSR count). The third-order valence-electron chi connectivity index (χ3n) is 3.75. The Bertz CT molecular complexity index is 676. The number of nitrogens with zero attached hydrogens (tertiary/aromatic N) is 1. The lowest BCUT2D eigenvalue weighted by molar-refractivity contribution is 0.330. The van der Waals surface area contributed by atoms with E-state index in [4.69, 9.17) is 16.3 Å². The van der Waals surface area contributed by atoms with Crippen molar-refractivity contribution in [3.63, 3.8) is 0 Å². The summed E-state index contributed by atoms with van der Waals surface area (Å²) in [7, 11) is -3.58. The van der Waals surface area contributed by atoms with Crippen molar-refractivity contribution in [3.8, 4) is 11.8 Å². The van der Waals surface area contributed by atoms with Crippen LogP contribution in [0.5, 0.6) is 0 Å². The lowest BCUT2D eigenvalue weighted by Gasteiger charge is -2.19. The highest BCUT2D eigenvalue weighted by Crippen LogP contribution is 2.29. The second-order valence-electron chi connectivity index (χ2n) is 5.60. The van der Waals surface area contributed by atoms with Crippen molar-refractivity contribution in [1.82, 2.24) is 4.31 Å². The molecule has 1 aromatic rings. The van der Waals surface area contributed by atoms with Crippen LogP contribution in [0.3, 0.4) is 0 Å². The molecule has 1 saturated heterocycles. The fraction of sp³-hybridized carbons (Fsp3) is 0.529. The van der Waals surface area contributed by atoms with Crippen molar-refractivity contribution in [3.05, 3.63) is 29.8 Å². The SMILES string of the molecule is CCC[C@H]1O[C@H]1CN(CC#CCCl)S(=O)(=O)c1ccc(C)cc1. The van der Waals surface area contributed by atoms with Gasteiger partial charge in [-0.3, -0.25) is 0 Å². The van der Waals surface area contributed by atoms with Crippen LogP contribution in [-0.4, -0.2) is 43.9 Å². The van der Waals surface area contributed by atoms with E-state index in [1.807, 2.05) is 6.92 Å². The molecule has 1 aliphatic heterocycles. The summed E-state index contributed by atoms with van der Waals surface area (Å²) >= 11 is 5.55. The summed E-state index contributed by atoms with van der Waals surface area (Å²) in [6.45, 7) is 4.47. The first-order valence-corrected chi connectivity index (χ1v) is 9.70. The van der Waals surface area contributed by atoms with Gasteiger partial charge in [-0.25, -0.2) is 8.42 Å². The van der Waals surface area contributed by atoms with E-state index < -0.39 is 10.0 Å². The van der Waals surface area contributed by atoms with Gasteiger partial charge in [-0.2, -0.15) is 4.31 Å². The summed E-state index contributed by atoms with van der Waals surface area (Å²) in [4.78, 5) is 0.281. The minimum absolute atomic E-state index is 0.0343. The molecule has 0 amide bonds. The van der Waals surface area contributed by atoms with E-state index in [0.29, 0.717) is 6.54 Å². The number of ether oxygens (including phenoxy) is 1. The molecule has 0 aromatic heterocycles. The van der Waals surface area contributed by atoms with Crippen LogP contribution in [0, 0.1) is 18.8 Å². The third-order valence-corrected chi connectivity index (χ3v) is 5.71. The summed E-state index contributed by atoms with van der Waals surface area (Å²) in [5.41, 5.74) is 1.02. The fourth-order valence-corrected chi connectivity index (χ4v) is 3.83. The molecule has 2 atom stereocenters. The van der Waals surface area contributed by atoms with Gasteiger partial charge in [0.15, 0.2) is 0 Å². The second kappa shape index (κ2) is 8.16. The minimum atomic E-state index is -3.58. The van der Waals surface area contributed by atoms with Crippen LogP contribution in [0.15, 0.2) is 29.2 Å². The second-order valence-corrected chi connectivity index (χ2v) is 7.80. The first-order valence-electron chi connectivity index (χ1n) is 7.73. The summed E-state index contributed by atoms with van der Waals surface area (Å²) in [5.74, 6) is 5.71. The van der Waals surface area contributed by atoms with Crippen molar-refractivity contribution < 1.29 is 13.2 Å². The Morgan fingerprint density at radius 2 is 1.91 bits per heavy atom. The summed E-state index contributed by atoms with van der Waals surface area (Å²) in [5, 5.41) is 0. The number of alkyl halides is 1. The maximum absolute atomic E-state index is 12.8. The predicted octanol–water partition coefficient (Wildman–Crippen LogP) is 2.80. The molecule has 4 nitrogen and oxygen atoms in total. The molecule has 1 heterocycles. The zero-order valence-corrected chi connectivity index (χ0v) is 15.0. The van der Waals surface area contributed by atoms with Crippen molar-refractivity contribution in [2.24, 2.45) is 0 Å². The van der Waals surface area contributed by atoms with Gasteiger partial charge in [0.2, 0.25) is 10.0 Å². The topological polar surface area (TPSA) is 49.9 Å². The van der Waals surface area contributed by atoms with Crippen LogP contribution < -0.4 is 0 Å². The monoisotopic (exact) mass is 355 g/mol. The van der Waals surface area contributed by atoms with Crippen LogP contribution in [-0.2, 0) is 14.8 Å². The zero-order valence-electron chi connectivity index (χ0n) is 13.5. The molecule has 0 spiro atoms. The molecular formula is C17H22ClNO3S. The van der Waals surface area contributed by atoms with Gasteiger partial charge in [0.05, 0.1) is 29.5 Å². The molecule has 126 valence electrons. The van der Waals surface area contributed by atoms with Crippen LogP contribution in [0.1, 0.15) is 25.3 Å². The number of benzene rings is 1. The largest absolute Gasteiger partial charge is 0.368 e. The molecule has 1 aliphatic rings. The van der Waals surface area contributed by atoms with E-state index in [1.165, 1.54) is 4.31 Å². The quantitative estimate of drug-likeness (QED) is 0.429. The van der Waals surface area contributed by atoms with Gasteiger partial charge in [0.1, 0.15) is 0 Å². The maximum atomic E-state index is 12.8. The van der Waals surface area contributed by atoms with Gasteiger partial charge in [-0.1, -0.05) is 42.9 Å². The van der Waals surface area contributed by atoms with Crippen LogP contribution in [0.4, 0.5) is 0 Å². The summed E-state index contributed by atoms with van der Waals surface area (Å²) in [6.07, 6.45) is 2.11. The zero-order chi connectivity index (χ0) is 16.9. The minimum Gasteiger partial charge on any atom is -0.368 e. The Morgan fingerprint density at radius 3 is 2.52 bits per heavy atom. The molecule has 1 aromatic carbocycles. The maximum Gasteiger partial charge on any atom is 0.244 e. The van der Waals surface area contributed by atoms with E-state index in [1.54, 1.807) is 24.3 Å². The molecule has 1 fully saturated rings. The molecule has 23 heavy (non-hydrogen) atoms. The van der Waals surface area contributed by atoms with Gasteiger partial charge < -0.3 is 4.74 Å². The summed E-state index contributed by atoms with van der Waals surface area (Å²) in [6, 6.07) is 6.85. The number of halogens is 1. The molecular weight excluding hydrogens is 334 g/mol. The lowest BCUT2D eigenvalue weighted by atomic mass is 10.2. The Morgan fingerprint density at radius 1 is 1.22 bits per heavy atom. The van der Waals surface area contributed by atoms with E-state index >= 15 is 0 Å². The first-order chi connectivity index (χ1) is 11.0. The average molecular weight is 356 g/mol. The standard InChI is InChI=1S/C17H22ClNO3S/c1-3-6-16-17(22-16)13-19(12-5-4-11-18)23(20,21)15-9-7-14(2)8-10-15/h7-10,16-17H,3,6,11-13H2,1-2H3/t16-,17+/m1/s1. The fourth-order valence-electron chi connectivity index (χ4n) is 2.38. The molecule has 0 saturated carbocycles. The molecule has 0 radical (unpaired) electrons. The van der Waals surface area contributed by atoms with E-state index in [2.05, 4.69) is 18.8 Å². The lowest BCUT2D eigenvalue weighted by Crippen LogP contribution is -2.35. The van der Waals surface area contributed by atoms with Crippen molar-refractivity contribution >= 4 is 21.6 Å². The average Bonchev–Trinajstić information content (AvgIpc) is 3.25. The normalized spacial score (nSPS) is 20.2. The van der Waals surface area contributed by atoms with E-state index in [-0.39, 0.29) is 29.5 Å². The van der Waals surface area contributed by atoms with Gasteiger partial charge in [0, 0.05) is 6.54 Å². The Labute approximate surface area is 143 Å². The van der Waals surface area contributed by atoms with E-state index in [9.17, 15) is 8.42 Å². The highest BCUT2D eigenvalue weighted by atomic mass is 35.5. The highest BCUT2D eigenvalue weighted by molar-refractivity contribution is 7.89. The summed E-state index contributed by atoms with van der Waals surface area (Å²) < 4.78 is 32.6. The highest BCUT2D eigenvalue weighted by Gasteiger charge is 2.41. The van der Waals surface area contributed by atoms with Crippen LogP contribution in [0.25, 0.3) is 0 Å². The van der Waals surface area contributed by atoms with E-state index in [0.717, 1.165) is 18.4 Å². The smallest absolute Gasteiger partial charge is 0.244 e. The predicted molar refractivity (Wildman–Crippen MR) is 92.0 cm³/mol. The number of sulfonamides is 1. The van der Waals surface area contributed by atoms with Crippen LogP contribution in [0.2, 0.25) is 0 Å². The third kappa shape index (κ3) is 4.95. The van der Waals surface area contributed by atoms with Gasteiger partial charge in [-0.15, -0.1) is 11.6 Å². The Balaban J connectivity index is 2.16. The Hall–Kier alpha value is -1.06. The number of hydrogen-bond donors (Lipinski definition) is 0. The van der Waals surface area contributed by atoms with Crippen molar-refractivity contribution in [2.45, 2.75) is 43.8 Å². The van der Waals surface area contributed by atoms with Crippen molar-refractivity contribution in [2.75, 3.05) is 19.0 Å². The number of hydrogen-bond acceptors (Lipinski definition) is 3. The number of aryl methyl sites for hydroxylation is 1. The molecule has 6 heteroatoms. The first kappa shape index (κ1) is 18.3. The van der Waals surface area contributed by atoms with Crippen molar-refractivity contribution in [1.29, 1.82) is 0 Å². The molecule has 0 bridgehead atoms. The number of rotatable bonds is 7. The van der Waals surface area contributed by atoms with Crippen LogP contribution >= 0.6 is 11.6 Å². The molecule has 0 unspecified atom stereocenters. The van der Waals surface area contributed by atoms with Gasteiger partial charge in [-0.05, 0) is 25.5 Å². The molecule has 0 N–H and O–H groups in total. The Kier molecular flexibility index (Phi) is 6.49. The van der Waals surface area contributed by atoms with Gasteiger partial charge >= 0.3 is 0 Å².